The van der Waals surface area contributed by atoms with Gasteiger partial charge in [0.15, 0.2) is 0 Å². The zero-order valence-corrected chi connectivity index (χ0v) is 12.9. The number of benzene rings is 1. The van der Waals surface area contributed by atoms with E-state index in [0.29, 0.717) is 5.56 Å². The Morgan fingerprint density at radius 2 is 1.95 bits per heavy atom. The summed E-state index contributed by atoms with van der Waals surface area (Å²) in [5.41, 5.74) is 2.99. The Balaban J connectivity index is 1.86. The van der Waals surface area contributed by atoms with Gasteiger partial charge in [0.2, 0.25) is 0 Å². The zero-order valence-electron chi connectivity index (χ0n) is 12.1. The number of aromatic nitrogens is 1. The maximum absolute atomic E-state index is 8.74. The smallest absolute Gasteiger partial charge is 0.0991 e. The lowest BCUT2D eigenvalue weighted by molar-refractivity contribution is 0.583. The van der Waals surface area contributed by atoms with Crippen LogP contribution in [0.3, 0.4) is 0 Å². The van der Waals surface area contributed by atoms with Gasteiger partial charge in [0.1, 0.15) is 0 Å². The number of anilines is 1. The molecule has 2 rings (SSSR count). The summed E-state index contributed by atoms with van der Waals surface area (Å²) in [6.45, 7) is 7.40. The molecule has 1 aromatic heterocycles. The topological polar surface area (TPSA) is 48.7 Å². The van der Waals surface area contributed by atoms with E-state index in [0.717, 1.165) is 24.3 Å². The Hall–Kier alpha value is -1.86. The third kappa shape index (κ3) is 3.82. The van der Waals surface area contributed by atoms with E-state index in [4.69, 9.17) is 5.26 Å². The third-order valence-electron chi connectivity index (χ3n) is 2.92. The van der Waals surface area contributed by atoms with Crippen molar-refractivity contribution in [1.82, 2.24) is 4.98 Å². The van der Waals surface area contributed by atoms with Gasteiger partial charge in [-0.3, -0.25) is 0 Å². The molecule has 1 heterocycles. The number of nitriles is 1. The molecule has 0 radical (unpaired) electrons. The fraction of sp³-hybridized carbons (Fsp3) is 0.375. The van der Waals surface area contributed by atoms with Crippen molar-refractivity contribution in [2.45, 2.75) is 32.6 Å². The van der Waals surface area contributed by atoms with Crippen molar-refractivity contribution in [2.75, 3.05) is 11.9 Å². The standard InChI is InChI=1S/C16H19N3S/c1-16(2,3)15-19-14(11-20-15)8-9-18-13-6-4-12(10-17)5-7-13/h4-7,11,18H,8-9H2,1-3H3. The summed E-state index contributed by atoms with van der Waals surface area (Å²) in [7, 11) is 0. The molecule has 3 nitrogen and oxygen atoms in total. The van der Waals surface area contributed by atoms with Crippen LogP contribution in [0.1, 0.15) is 37.0 Å². The van der Waals surface area contributed by atoms with Crippen LogP contribution < -0.4 is 5.32 Å². The highest BCUT2D eigenvalue weighted by Gasteiger charge is 2.17. The minimum absolute atomic E-state index is 0.128. The first kappa shape index (κ1) is 14.5. The van der Waals surface area contributed by atoms with Crippen LogP contribution in [0.25, 0.3) is 0 Å². The van der Waals surface area contributed by atoms with Gasteiger partial charge >= 0.3 is 0 Å². The van der Waals surface area contributed by atoms with Crippen molar-refractivity contribution in [2.24, 2.45) is 0 Å². The van der Waals surface area contributed by atoms with Crippen molar-refractivity contribution in [1.29, 1.82) is 5.26 Å². The normalized spacial score (nSPS) is 11.1. The van der Waals surface area contributed by atoms with Gasteiger partial charge in [-0.25, -0.2) is 4.98 Å². The average molecular weight is 285 g/mol. The van der Waals surface area contributed by atoms with Gasteiger partial charge in [-0.15, -0.1) is 11.3 Å². The first-order valence-corrected chi connectivity index (χ1v) is 7.56. The summed E-state index contributed by atoms with van der Waals surface area (Å²) in [5, 5.41) is 15.4. The quantitative estimate of drug-likeness (QED) is 0.924. The molecule has 1 aromatic carbocycles. The van der Waals surface area contributed by atoms with E-state index in [1.54, 1.807) is 11.3 Å². The molecule has 0 unspecified atom stereocenters. The summed E-state index contributed by atoms with van der Waals surface area (Å²) in [4.78, 5) is 4.68. The Morgan fingerprint density at radius 3 is 2.50 bits per heavy atom. The molecule has 0 spiro atoms. The summed E-state index contributed by atoms with van der Waals surface area (Å²) < 4.78 is 0. The van der Waals surface area contributed by atoms with Crippen LogP contribution in [-0.2, 0) is 11.8 Å². The lowest BCUT2D eigenvalue weighted by atomic mass is 9.98. The highest BCUT2D eigenvalue weighted by atomic mass is 32.1. The lowest BCUT2D eigenvalue weighted by Crippen LogP contribution is -2.11. The van der Waals surface area contributed by atoms with Gasteiger partial charge in [0.05, 0.1) is 22.3 Å². The largest absolute Gasteiger partial charge is 0.385 e. The summed E-state index contributed by atoms with van der Waals surface area (Å²) in [6, 6.07) is 9.62. The minimum Gasteiger partial charge on any atom is -0.385 e. The molecule has 0 amide bonds. The monoisotopic (exact) mass is 285 g/mol. The fourth-order valence-electron chi connectivity index (χ4n) is 1.76. The predicted molar refractivity (Wildman–Crippen MR) is 84.2 cm³/mol. The molecule has 0 saturated heterocycles. The lowest BCUT2D eigenvalue weighted by Gasteiger charge is -2.13. The molecule has 2 aromatic rings. The van der Waals surface area contributed by atoms with Crippen molar-refractivity contribution < 1.29 is 0 Å². The van der Waals surface area contributed by atoms with E-state index >= 15 is 0 Å². The van der Waals surface area contributed by atoms with Crippen LogP contribution in [0.5, 0.6) is 0 Å². The van der Waals surface area contributed by atoms with Crippen molar-refractivity contribution in [3.8, 4) is 6.07 Å². The van der Waals surface area contributed by atoms with E-state index in [1.807, 2.05) is 24.3 Å². The second kappa shape index (κ2) is 6.06. The molecule has 0 aliphatic heterocycles. The Labute approximate surface area is 124 Å². The van der Waals surface area contributed by atoms with E-state index in [-0.39, 0.29) is 5.41 Å². The van der Waals surface area contributed by atoms with Gasteiger partial charge in [-0.05, 0) is 24.3 Å². The van der Waals surface area contributed by atoms with E-state index in [1.165, 1.54) is 5.01 Å². The molecule has 0 fully saturated rings. The third-order valence-corrected chi connectivity index (χ3v) is 4.23. The SMILES string of the molecule is CC(C)(C)c1nc(CCNc2ccc(C#N)cc2)cs1. The van der Waals surface area contributed by atoms with Gasteiger partial charge in [-0.1, -0.05) is 20.8 Å². The minimum atomic E-state index is 0.128. The molecule has 0 bridgehead atoms. The molecular formula is C16H19N3S. The number of rotatable bonds is 4. The Morgan fingerprint density at radius 1 is 1.25 bits per heavy atom. The van der Waals surface area contributed by atoms with Crippen molar-refractivity contribution in [3.63, 3.8) is 0 Å². The second-order valence-electron chi connectivity index (χ2n) is 5.76. The first-order valence-electron chi connectivity index (χ1n) is 6.68. The van der Waals surface area contributed by atoms with Gasteiger partial charge in [0.25, 0.3) is 0 Å². The molecule has 0 atom stereocenters. The van der Waals surface area contributed by atoms with Gasteiger partial charge < -0.3 is 5.32 Å². The molecule has 0 aliphatic rings. The molecule has 1 N–H and O–H groups in total. The van der Waals surface area contributed by atoms with Crippen LogP contribution >= 0.6 is 11.3 Å². The average Bonchev–Trinajstić information content (AvgIpc) is 2.88. The van der Waals surface area contributed by atoms with Crippen LogP contribution in [0.4, 0.5) is 5.69 Å². The molecular weight excluding hydrogens is 266 g/mol. The summed E-state index contributed by atoms with van der Waals surface area (Å²) >= 11 is 1.73. The van der Waals surface area contributed by atoms with E-state index in [9.17, 15) is 0 Å². The van der Waals surface area contributed by atoms with Crippen molar-refractivity contribution in [3.05, 3.63) is 45.9 Å². The van der Waals surface area contributed by atoms with Crippen LogP contribution in [0.2, 0.25) is 0 Å². The molecule has 20 heavy (non-hydrogen) atoms. The number of hydrogen-bond donors (Lipinski definition) is 1. The fourth-order valence-corrected chi connectivity index (χ4v) is 2.71. The summed E-state index contributed by atoms with van der Waals surface area (Å²) in [5.74, 6) is 0. The maximum atomic E-state index is 8.74. The molecule has 0 aliphatic carbocycles. The Kier molecular flexibility index (Phi) is 4.41. The zero-order chi connectivity index (χ0) is 14.6. The summed E-state index contributed by atoms with van der Waals surface area (Å²) in [6.07, 6.45) is 0.909. The maximum Gasteiger partial charge on any atom is 0.0991 e. The predicted octanol–water partition coefficient (Wildman–Crippen LogP) is 3.97. The number of nitrogens with one attached hydrogen (secondary N) is 1. The second-order valence-corrected chi connectivity index (χ2v) is 6.62. The molecule has 4 heteroatoms. The van der Waals surface area contributed by atoms with Crippen LogP contribution in [0, 0.1) is 11.3 Å². The number of hydrogen-bond acceptors (Lipinski definition) is 4. The number of nitrogens with zero attached hydrogens (tertiary/aromatic N) is 2. The van der Waals surface area contributed by atoms with Crippen LogP contribution in [0.15, 0.2) is 29.6 Å². The highest BCUT2D eigenvalue weighted by molar-refractivity contribution is 7.09. The van der Waals surface area contributed by atoms with Gasteiger partial charge in [0, 0.05) is 29.4 Å². The van der Waals surface area contributed by atoms with Crippen LogP contribution in [-0.4, -0.2) is 11.5 Å². The van der Waals surface area contributed by atoms with E-state index < -0.39 is 0 Å². The number of thiazole rings is 1. The Bertz CT molecular complexity index is 600. The molecule has 104 valence electrons. The molecule has 0 saturated carbocycles. The van der Waals surface area contributed by atoms with Gasteiger partial charge in [-0.2, -0.15) is 5.26 Å². The van der Waals surface area contributed by atoms with E-state index in [2.05, 4.69) is 42.5 Å². The van der Waals surface area contributed by atoms with Crippen molar-refractivity contribution >= 4 is 17.0 Å². The first-order chi connectivity index (χ1) is 9.49. The highest BCUT2D eigenvalue weighted by Crippen LogP contribution is 2.25.